The summed E-state index contributed by atoms with van der Waals surface area (Å²) in [5, 5.41) is 2.63. The van der Waals surface area contributed by atoms with Gasteiger partial charge in [-0.25, -0.2) is 4.79 Å². The van der Waals surface area contributed by atoms with Crippen molar-refractivity contribution < 1.29 is 18.8 Å². The van der Waals surface area contributed by atoms with Crippen molar-refractivity contribution >= 4 is 17.8 Å². The number of carbonyl (C=O) groups excluding carboxylic acids is 3. The molecule has 1 unspecified atom stereocenters. The highest BCUT2D eigenvalue weighted by Gasteiger charge is 2.51. The molecule has 2 aromatic rings. The molecule has 1 fully saturated rings. The van der Waals surface area contributed by atoms with E-state index in [2.05, 4.69) is 5.32 Å². The maximum atomic E-state index is 12.8. The van der Waals surface area contributed by atoms with E-state index in [0.717, 1.165) is 10.5 Å². The second kappa shape index (κ2) is 6.67. The molecule has 0 aliphatic carbocycles. The van der Waals surface area contributed by atoms with Crippen LogP contribution in [-0.2, 0) is 21.7 Å². The molecule has 3 rings (SSSR count). The third-order valence-corrected chi connectivity index (χ3v) is 4.49. The number of likely N-dealkylation sites (N-methyl/N-ethyl adjacent to an activating group) is 1. The Hall–Kier alpha value is -3.09. The van der Waals surface area contributed by atoms with Crippen LogP contribution in [0, 0.1) is 6.92 Å². The fourth-order valence-corrected chi connectivity index (χ4v) is 2.91. The van der Waals surface area contributed by atoms with E-state index in [0.29, 0.717) is 18.1 Å². The lowest BCUT2D eigenvalue weighted by Crippen LogP contribution is -2.43. The van der Waals surface area contributed by atoms with Gasteiger partial charge in [0, 0.05) is 13.6 Å². The van der Waals surface area contributed by atoms with Gasteiger partial charge in [0.25, 0.3) is 5.91 Å². The van der Waals surface area contributed by atoms with Crippen molar-refractivity contribution in [2.24, 2.45) is 0 Å². The van der Waals surface area contributed by atoms with Gasteiger partial charge in [-0.15, -0.1) is 0 Å². The molecule has 1 aliphatic heterocycles. The molecule has 1 aromatic heterocycles. The van der Waals surface area contributed by atoms with E-state index in [1.54, 1.807) is 33.0 Å². The minimum atomic E-state index is -1.30. The van der Waals surface area contributed by atoms with Crippen molar-refractivity contribution in [2.45, 2.75) is 25.9 Å². The number of hydrogen-bond donors (Lipinski definition) is 1. The van der Waals surface area contributed by atoms with Gasteiger partial charge in [0.1, 0.15) is 18.1 Å². The lowest BCUT2D eigenvalue weighted by Gasteiger charge is -2.21. The molecule has 2 heterocycles. The highest BCUT2D eigenvalue weighted by molar-refractivity contribution is 6.08. The van der Waals surface area contributed by atoms with Gasteiger partial charge in [-0.1, -0.05) is 30.3 Å². The Morgan fingerprint density at radius 3 is 2.50 bits per heavy atom. The Labute approximate surface area is 151 Å². The van der Waals surface area contributed by atoms with Gasteiger partial charge in [-0.3, -0.25) is 14.5 Å². The van der Waals surface area contributed by atoms with Gasteiger partial charge < -0.3 is 14.6 Å². The van der Waals surface area contributed by atoms with Gasteiger partial charge in [0.05, 0.1) is 0 Å². The molecule has 1 N–H and O–H groups in total. The summed E-state index contributed by atoms with van der Waals surface area (Å²) in [6, 6.07) is 12.3. The summed E-state index contributed by atoms with van der Waals surface area (Å²) in [5.41, 5.74) is -0.333. The Morgan fingerprint density at radius 2 is 1.88 bits per heavy atom. The van der Waals surface area contributed by atoms with Crippen molar-refractivity contribution in [3.8, 4) is 0 Å². The maximum Gasteiger partial charge on any atom is 0.325 e. The van der Waals surface area contributed by atoms with Crippen LogP contribution in [0.1, 0.15) is 24.0 Å². The fraction of sp³-hybridized carbons (Fsp3) is 0.316. The summed E-state index contributed by atoms with van der Waals surface area (Å²) in [5.74, 6) is 0.164. The van der Waals surface area contributed by atoms with Crippen molar-refractivity contribution in [2.75, 3.05) is 13.6 Å². The van der Waals surface area contributed by atoms with Gasteiger partial charge in [-0.2, -0.15) is 0 Å². The zero-order valence-corrected chi connectivity index (χ0v) is 15.0. The van der Waals surface area contributed by atoms with Crippen LogP contribution in [0.4, 0.5) is 4.79 Å². The molecular weight excluding hydrogens is 334 g/mol. The first-order valence-corrected chi connectivity index (χ1v) is 8.30. The predicted octanol–water partition coefficient (Wildman–Crippen LogP) is 2.01. The standard InChI is InChI=1S/C19H21N3O4/c1-13-9-10-15(26-13)19(2)17(24)22(18(25)20-19)12-16(23)21(3)11-14-7-5-4-6-8-14/h4-10H,11-12H2,1-3H3,(H,20,25). The lowest BCUT2D eigenvalue weighted by molar-refractivity contribution is -0.138. The molecule has 26 heavy (non-hydrogen) atoms. The van der Waals surface area contributed by atoms with Gasteiger partial charge in [0.2, 0.25) is 5.91 Å². The number of urea groups is 1. The normalized spacial score (nSPS) is 19.6. The average molecular weight is 355 g/mol. The van der Waals surface area contributed by atoms with Crippen LogP contribution >= 0.6 is 0 Å². The molecule has 0 saturated carbocycles. The van der Waals surface area contributed by atoms with Gasteiger partial charge >= 0.3 is 6.03 Å². The molecule has 136 valence electrons. The van der Waals surface area contributed by atoms with Crippen LogP contribution < -0.4 is 5.32 Å². The molecule has 0 spiro atoms. The van der Waals surface area contributed by atoms with E-state index in [4.69, 9.17) is 4.42 Å². The number of benzene rings is 1. The molecule has 0 radical (unpaired) electrons. The monoisotopic (exact) mass is 355 g/mol. The smallest absolute Gasteiger partial charge is 0.325 e. The molecule has 1 aliphatic rings. The average Bonchev–Trinajstić information content (AvgIpc) is 3.14. The highest BCUT2D eigenvalue weighted by Crippen LogP contribution is 2.30. The van der Waals surface area contributed by atoms with E-state index in [1.807, 2.05) is 30.3 Å². The van der Waals surface area contributed by atoms with Crippen molar-refractivity contribution in [3.05, 3.63) is 59.5 Å². The summed E-state index contributed by atoms with van der Waals surface area (Å²) in [7, 11) is 1.64. The highest BCUT2D eigenvalue weighted by atomic mass is 16.3. The Kier molecular flexibility index (Phi) is 4.54. The number of furan rings is 1. The van der Waals surface area contributed by atoms with E-state index in [9.17, 15) is 14.4 Å². The van der Waals surface area contributed by atoms with E-state index in [-0.39, 0.29) is 12.5 Å². The Bertz CT molecular complexity index is 845. The van der Waals surface area contributed by atoms with Crippen LogP contribution in [0.25, 0.3) is 0 Å². The number of rotatable bonds is 5. The molecule has 1 atom stereocenters. The number of amides is 4. The Morgan fingerprint density at radius 1 is 1.19 bits per heavy atom. The van der Waals surface area contributed by atoms with Crippen LogP contribution in [0.15, 0.2) is 46.9 Å². The molecule has 7 nitrogen and oxygen atoms in total. The Balaban J connectivity index is 1.70. The van der Waals surface area contributed by atoms with Crippen molar-refractivity contribution in [1.29, 1.82) is 0 Å². The number of carbonyl (C=O) groups is 3. The van der Waals surface area contributed by atoms with Crippen molar-refractivity contribution in [3.63, 3.8) is 0 Å². The minimum Gasteiger partial charge on any atom is -0.463 e. The first-order valence-electron chi connectivity index (χ1n) is 8.30. The largest absolute Gasteiger partial charge is 0.463 e. The number of aryl methyl sites for hydroxylation is 1. The van der Waals surface area contributed by atoms with Crippen LogP contribution in [0.3, 0.4) is 0 Å². The first kappa shape index (κ1) is 17.7. The predicted molar refractivity (Wildman–Crippen MR) is 94.0 cm³/mol. The fourth-order valence-electron chi connectivity index (χ4n) is 2.91. The molecule has 7 heteroatoms. The summed E-state index contributed by atoms with van der Waals surface area (Å²) in [6.45, 7) is 3.42. The molecule has 1 saturated heterocycles. The van der Waals surface area contributed by atoms with E-state index >= 15 is 0 Å². The second-order valence-corrected chi connectivity index (χ2v) is 6.59. The molecule has 1 aromatic carbocycles. The van der Waals surface area contributed by atoms with Crippen LogP contribution in [0.2, 0.25) is 0 Å². The summed E-state index contributed by atoms with van der Waals surface area (Å²) in [4.78, 5) is 39.9. The van der Waals surface area contributed by atoms with E-state index in [1.165, 1.54) is 4.90 Å². The third kappa shape index (κ3) is 3.20. The van der Waals surface area contributed by atoms with Gasteiger partial charge in [-0.05, 0) is 31.5 Å². The van der Waals surface area contributed by atoms with Crippen LogP contribution in [-0.4, -0.2) is 41.2 Å². The second-order valence-electron chi connectivity index (χ2n) is 6.59. The first-order chi connectivity index (χ1) is 12.3. The molecule has 4 amide bonds. The lowest BCUT2D eigenvalue weighted by atomic mass is 9.99. The third-order valence-electron chi connectivity index (χ3n) is 4.49. The number of nitrogens with one attached hydrogen (secondary N) is 1. The SMILES string of the molecule is Cc1ccc(C2(C)NC(=O)N(CC(=O)N(C)Cc3ccccc3)C2=O)o1. The van der Waals surface area contributed by atoms with Crippen LogP contribution in [0.5, 0.6) is 0 Å². The topological polar surface area (TPSA) is 82.9 Å². The minimum absolute atomic E-state index is 0.316. The number of hydrogen-bond acceptors (Lipinski definition) is 4. The molecular formula is C19H21N3O4. The van der Waals surface area contributed by atoms with E-state index < -0.39 is 17.5 Å². The zero-order chi connectivity index (χ0) is 18.9. The molecule has 0 bridgehead atoms. The summed E-state index contributed by atoms with van der Waals surface area (Å²) in [6.07, 6.45) is 0. The maximum absolute atomic E-state index is 12.8. The number of nitrogens with zero attached hydrogens (tertiary/aromatic N) is 2. The summed E-state index contributed by atoms with van der Waals surface area (Å²) >= 11 is 0. The zero-order valence-electron chi connectivity index (χ0n) is 15.0. The quantitative estimate of drug-likeness (QED) is 0.832. The summed E-state index contributed by atoms with van der Waals surface area (Å²) < 4.78 is 5.51. The van der Waals surface area contributed by atoms with Crippen molar-refractivity contribution in [1.82, 2.24) is 15.1 Å². The van der Waals surface area contributed by atoms with Gasteiger partial charge in [0.15, 0.2) is 5.54 Å². The number of imide groups is 1.